The van der Waals surface area contributed by atoms with Crippen LogP contribution in [0.2, 0.25) is 0 Å². The van der Waals surface area contributed by atoms with Gasteiger partial charge in [-0.15, -0.1) is 0 Å². The van der Waals surface area contributed by atoms with Crippen LogP contribution in [0.1, 0.15) is 23.2 Å². The van der Waals surface area contributed by atoms with Gasteiger partial charge in [0.25, 0.3) is 5.91 Å². The number of nitrogens with one attached hydrogen (secondary N) is 1. The van der Waals surface area contributed by atoms with Crippen molar-refractivity contribution in [3.8, 4) is 0 Å². The summed E-state index contributed by atoms with van der Waals surface area (Å²) in [5.74, 6) is 0.433. The van der Waals surface area contributed by atoms with Gasteiger partial charge in [0.1, 0.15) is 0 Å². The van der Waals surface area contributed by atoms with Crippen LogP contribution < -0.4 is 4.72 Å². The number of hydrogen-bond donors (Lipinski definition) is 1. The highest BCUT2D eigenvalue weighted by atomic mass is 32.2. The van der Waals surface area contributed by atoms with E-state index >= 15 is 0 Å². The van der Waals surface area contributed by atoms with Gasteiger partial charge in [-0.05, 0) is 50.6 Å². The van der Waals surface area contributed by atoms with Gasteiger partial charge in [-0.1, -0.05) is 6.07 Å². The Bertz CT molecular complexity index is 753. The lowest BCUT2D eigenvalue weighted by Gasteiger charge is -2.21. The summed E-state index contributed by atoms with van der Waals surface area (Å²) in [6.07, 6.45) is 1.71. The summed E-state index contributed by atoms with van der Waals surface area (Å²) in [6, 6.07) is 6.72. The Labute approximate surface area is 155 Å². The van der Waals surface area contributed by atoms with Gasteiger partial charge in [0.05, 0.1) is 4.90 Å². The summed E-state index contributed by atoms with van der Waals surface area (Å²) >= 11 is 0. The third kappa shape index (κ3) is 4.09. The molecule has 1 aromatic carbocycles. The van der Waals surface area contributed by atoms with Crippen LogP contribution >= 0.6 is 0 Å². The van der Waals surface area contributed by atoms with Gasteiger partial charge in [0.15, 0.2) is 0 Å². The molecule has 7 nitrogen and oxygen atoms in total. The first-order valence-corrected chi connectivity index (χ1v) is 10.5. The number of hydrogen-bond acceptors (Lipinski definition) is 5. The lowest BCUT2D eigenvalue weighted by molar-refractivity contribution is 0.0774. The Hall–Kier alpha value is -1.48. The number of benzene rings is 1. The van der Waals surface area contributed by atoms with E-state index in [1.54, 1.807) is 19.2 Å². The third-order valence-electron chi connectivity index (χ3n) is 5.32. The number of carbonyl (C=O) groups excluding carboxylic acids is 1. The molecule has 144 valence electrons. The second-order valence-electron chi connectivity index (χ2n) is 7.08. The third-order valence-corrected chi connectivity index (χ3v) is 6.78. The van der Waals surface area contributed by atoms with Crippen molar-refractivity contribution < 1.29 is 17.9 Å². The molecule has 0 spiro atoms. The van der Waals surface area contributed by atoms with E-state index < -0.39 is 10.0 Å². The molecule has 2 aliphatic rings. The van der Waals surface area contributed by atoms with Crippen LogP contribution in [0.3, 0.4) is 0 Å². The first-order chi connectivity index (χ1) is 12.4. The van der Waals surface area contributed by atoms with Crippen LogP contribution in [0.5, 0.6) is 0 Å². The average molecular weight is 381 g/mol. The normalized spacial score (nSPS) is 23.4. The molecule has 26 heavy (non-hydrogen) atoms. The second kappa shape index (κ2) is 8.04. The van der Waals surface area contributed by atoms with Crippen molar-refractivity contribution in [2.45, 2.75) is 23.8 Å². The molecule has 2 heterocycles. The summed E-state index contributed by atoms with van der Waals surface area (Å²) in [5.41, 5.74) is 0.424. The Morgan fingerprint density at radius 1 is 1.35 bits per heavy atom. The summed E-state index contributed by atoms with van der Waals surface area (Å²) in [5, 5.41) is 0. The van der Waals surface area contributed by atoms with Gasteiger partial charge in [0, 0.05) is 45.0 Å². The predicted octanol–water partition coefficient (Wildman–Crippen LogP) is 0.778. The van der Waals surface area contributed by atoms with E-state index in [0.29, 0.717) is 43.6 Å². The largest absolute Gasteiger partial charge is 0.385 e. The first-order valence-electron chi connectivity index (χ1n) is 9.00. The Morgan fingerprint density at radius 3 is 2.88 bits per heavy atom. The predicted molar refractivity (Wildman–Crippen MR) is 98.6 cm³/mol. The van der Waals surface area contributed by atoms with Crippen molar-refractivity contribution >= 4 is 15.9 Å². The fraction of sp³-hybridized carbons (Fsp3) is 0.611. The van der Waals surface area contributed by atoms with Crippen LogP contribution in [0.4, 0.5) is 0 Å². The number of fused-ring (bicyclic) bond motifs is 1. The van der Waals surface area contributed by atoms with Crippen molar-refractivity contribution in [3.05, 3.63) is 29.8 Å². The van der Waals surface area contributed by atoms with Crippen molar-refractivity contribution in [2.75, 3.05) is 46.9 Å². The Balaban J connectivity index is 1.68. The molecule has 0 saturated carbocycles. The average Bonchev–Trinajstić information content (AvgIpc) is 3.20. The summed E-state index contributed by atoms with van der Waals surface area (Å²) in [6.45, 7) is 3.34. The highest BCUT2D eigenvalue weighted by molar-refractivity contribution is 7.89. The standard InChI is InChI=1S/C18H27N3O4S/c1-20-9-7-15-12-21(13-17(15)20)18(22)14-5-3-6-16(11-14)26(23,24)19-8-4-10-25-2/h3,5-6,11,15,17,19H,4,7-10,12-13H2,1-2H3/t15-,17+/m1/s1. The monoisotopic (exact) mass is 381 g/mol. The highest BCUT2D eigenvalue weighted by Gasteiger charge is 2.41. The van der Waals surface area contributed by atoms with E-state index in [9.17, 15) is 13.2 Å². The minimum atomic E-state index is -3.63. The maximum absolute atomic E-state index is 12.8. The van der Waals surface area contributed by atoms with Crippen molar-refractivity contribution in [3.63, 3.8) is 0 Å². The zero-order valence-electron chi connectivity index (χ0n) is 15.3. The number of ether oxygens (including phenoxy) is 1. The molecule has 0 radical (unpaired) electrons. The zero-order valence-corrected chi connectivity index (χ0v) is 16.2. The van der Waals surface area contributed by atoms with E-state index in [-0.39, 0.29) is 10.8 Å². The van der Waals surface area contributed by atoms with E-state index in [0.717, 1.165) is 19.5 Å². The number of methoxy groups -OCH3 is 1. The van der Waals surface area contributed by atoms with Gasteiger partial charge < -0.3 is 14.5 Å². The first kappa shape index (κ1) is 19.3. The number of rotatable bonds is 7. The van der Waals surface area contributed by atoms with Crippen molar-refractivity contribution in [1.82, 2.24) is 14.5 Å². The fourth-order valence-electron chi connectivity index (χ4n) is 3.82. The molecule has 2 atom stereocenters. The van der Waals surface area contributed by atoms with Crippen LogP contribution in [0.15, 0.2) is 29.2 Å². The van der Waals surface area contributed by atoms with Gasteiger partial charge in [-0.25, -0.2) is 13.1 Å². The lowest BCUT2D eigenvalue weighted by Crippen LogP contribution is -2.35. The summed E-state index contributed by atoms with van der Waals surface area (Å²) in [7, 11) is 0.0469. The molecule has 8 heteroatoms. The molecule has 0 aliphatic carbocycles. The second-order valence-corrected chi connectivity index (χ2v) is 8.85. The maximum Gasteiger partial charge on any atom is 0.253 e. The van der Waals surface area contributed by atoms with E-state index in [1.807, 2.05) is 4.90 Å². The molecule has 0 bridgehead atoms. The van der Waals surface area contributed by atoms with Gasteiger partial charge in [-0.2, -0.15) is 0 Å². The maximum atomic E-state index is 12.8. The molecule has 2 fully saturated rings. The number of likely N-dealkylation sites (tertiary alicyclic amines) is 2. The molecule has 1 amide bonds. The molecular weight excluding hydrogens is 354 g/mol. The van der Waals surface area contributed by atoms with Crippen LogP contribution in [0, 0.1) is 5.92 Å². The smallest absolute Gasteiger partial charge is 0.253 e. The van der Waals surface area contributed by atoms with Crippen LogP contribution in [-0.2, 0) is 14.8 Å². The van der Waals surface area contributed by atoms with E-state index in [1.165, 1.54) is 12.1 Å². The van der Waals surface area contributed by atoms with E-state index in [4.69, 9.17) is 4.74 Å². The summed E-state index contributed by atoms with van der Waals surface area (Å²) in [4.78, 5) is 17.1. The molecule has 1 N–H and O–H groups in total. The van der Waals surface area contributed by atoms with Crippen LogP contribution in [-0.4, -0.2) is 77.1 Å². The Morgan fingerprint density at radius 2 is 2.15 bits per heavy atom. The molecular formula is C18H27N3O4S. The Kier molecular flexibility index (Phi) is 5.96. The molecule has 2 aliphatic heterocycles. The van der Waals surface area contributed by atoms with Crippen LogP contribution in [0.25, 0.3) is 0 Å². The molecule has 0 unspecified atom stereocenters. The van der Waals surface area contributed by atoms with Gasteiger partial charge >= 0.3 is 0 Å². The number of sulfonamides is 1. The SMILES string of the molecule is COCCCNS(=O)(=O)c1cccc(C(=O)N2C[C@H]3CCN(C)[C@H]3C2)c1. The summed E-state index contributed by atoms with van der Waals surface area (Å²) < 4.78 is 32.3. The molecule has 3 rings (SSSR count). The quantitative estimate of drug-likeness (QED) is 0.706. The molecule has 0 aromatic heterocycles. The van der Waals surface area contributed by atoms with Gasteiger partial charge in [-0.3, -0.25) is 4.79 Å². The fourth-order valence-corrected chi connectivity index (χ4v) is 4.94. The minimum Gasteiger partial charge on any atom is -0.385 e. The van der Waals surface area contributed by atoms with Crippen molar-refractivity contribution in [1.29, 1.82) is 0 Å². The van der Waals surface area contributed by atoms with Gasteiger partial charge in [0.2, 0.25) is 10.0 Å². The highest BCUT2D eigenvalue weighted by Crippen LogP contribution is 2.31. The minimum absolute atomic E-state index is 0.0933. The van der Waals surface area contributed by atoms with Crippen molar-refractivity contribution in [2.24, 2.45) is 5.92 Å². The lowest BCUT2D eigenvalue weighted by atomic mass is 10.1. The number of amides is 1. The molecule has 2 saturated heterocycles. The van der Waals surface area contributed by atoms with E-state index in [2.05, 4.69) is 16.7 Å². The number of nitrogens with zero attached hydrogens (tertiary/aromatic N) is 2. The zero-order chi connectivity index (χ0) is 18.7. The number of carbonyl (C=O) groups is 1. The topological polar surface area (TPSA) is 78.9 Å². The molecule has 1 aromatic rings. The number of likely N-dealkylation sites (N-methyl/N-ethyl adjacent to an activating group) is 1.